The van der Waals surface area contributed by atoms with E-state index in [1.54, 1.807) is 0 Å². The molecule has 2 heterocycles. The van der Waals surface area contributed by atoms with Crippen LogP contribution in [0.15, 0.2) is 60.9 Å². The SMILES string of the molecule is Cc1ccc(OC[C@]2(O)CCCN(Cc3ccc(OCCCn4cc(C)cn4)cc3)CC2)cc1. The topological polar surface area (TPSA) is 59.8 Å². The zero-order valence-corrected chi connectivity index (χ0v) is 20.4. The highest BCUT2D eigenvalue weighted by molar-refractivity contribution is 5.27. The number of likely N-dealkylation sites (tertiary alicyclic amines) is 1. The van der Waals surface area contributed by atoms with Gasteiger partial charge in [-0.05, 0) is 75.0 Å². The molecule has 1 atom stereocenters. The van der Waals surface area contributed by atoms with Gasteiger partial charge in [0.2, 0.25) is 0 Å². The molecule has 6 nitrogen and oxygen atoms in total. The van der Waals surface area contributed by atoms with Crippen molar-refractivity contribution < 1.29 is 14.6 Å². The summed E-state index contributed by atoms with van der Waals surface area (Å²) in [6.45, 7) is 8.72. The van der Waals surface area contributed by atoms with Crippen LogP contribution in [0.5, 0.6) is 11.5 Å². The molecular weight excluding hydrogens is 426 g/mol. The van der Waals surface area contributed by atoms with Gasteiger partial charge in [0.25, 0.3) is 0 Å². The highest BCUT2D eigenvalue weighted by Crippen LogP contribution is 2.25. The van der Waals surface area contributed by atoms with E-state index in [4.69, 9.17) is 9.47 Å². The van der Waals surface area contributed by atoms with Gasteiger partial charge >= 0.3 is 0 Å². The third-order valence-electron chi connectivity index (χ3n) is 6.43. The monoisotopic (exact) mass is 463 g/mol. The van der Waals surface area contributed by atoms with Crippen LogP contribution in [-0.4, -0.2) is 51.7 Å². The van der Waals surface area contributed by atoms with E-state index in [2.05, 4.69) is 54.3 Å². The Balaban J connectivity index is 1.19. The fourth-order valence-electron chi connectivity index (χ4n) is 4.34. The lowest BCUT2D eigenvalue weighted by Crippen LogP contribution is -2.37. The molecule has 1 fully saturated rings. The van der Waals surface area contributed by atoms with Crippen LogP contribution in [-0.2, 0) is 13.1 Å². The third-order valence-corrected chi connectivity index (χ3v) is 6.43. The van der Waals surface area contributed by atoms with Gasteiger partial charge in [-0.1, -0.05) is 29.8 Å². The molecule has 1 aliphatic rings. The van der Waals surface area contributed by atoms with Crippen LogP contribution in [0.25, 0.3) is 0 Å². The molecule has 4 rings (SSSR count). The zero-order valence-electron chi connectivity index (χ0n) is 20.4. The zero-order chi connectivity index (χ0) is 23.8. The quantitative estimate of drug-likeness (QED) is 0.439. The number of aromatic nitrogens is 2. The Morgan fingerprint density at radius 2 is 1.65 bits per heavy atom. The summed E-state index contributed by atoms with van der Waals surface area (Å²) in [4.78, 5) is 2.42. The number of hydrogen-bond donors (Lipinski definition) is 1. The van der Waals surface area contributed by atoms with Gasteiger partial charge < -0.3 is 14.6 Å². The lowest BCUT2D eigenvalue weighted by atomic mass is 9.96. The van der Waals surface area contributed by atoms with Crippen molar-refractivity contribution in [3.63, 3.8) is 0 Å². The summed E-state index contributed by atoms with van der Waals surface area (Å²) in [5.74, 6) is 1.72. The largest absolute Gasteiger partial charge is 0.494 e. The first kappa shape index (κ1) is 24.3. The molecule has 0 amide bonds. The smallest absolute Gasteiger partial charge is 0.119 e. The summed E-state index contributed by atoms with van der Waals surface area (Å²) < 4.78 is 13.8. The van der Waals surface area contributed by atoms with Gasteiger partial charge in [-0.25, -0.2) is 0 Å². The Kier molecular flexibility index (Phi) is 8.25. The predicted octanol–water partition coefficient (Wildman–Crippen LogP) is 4.77. The molecule has 1 saturated heterocycles. The number of nitrogens with zero attached hydrogens (tertiary/aromatic N) is 3. The van der Waals surface area contributed by atoms with Gasteiger partial charge in [0.15, 0.2) is 0 Å². The van der Waals surface area contributed by atoms with Crippen molar-refractivity contribution >= 4 is 0 Å². The second kappa shape index (κ2) is 11.5. The van der Waals surface area contributed by atoms with Crippen LogP contribution in [0.2, 0.25) is 0 Å². The second-order valence-electron chi connectivity index (χ2n) is 9.58. The summed E-state index contributed by atoms with van der Waals surface area (Å²) in [7, 11) is 0. The maximum Gasteiger partial charge on any atom is 0.119 e. The number of ether oxygens (including phenoxy) is 2. The van der Waals surface area contributed by atoms with Crippen LogP contribution in [0.4, 0.5) is 0 Å². The molecule has 6 heteroatoms. The van der Waals surface area contributed by atoms with Crippen LogP contribution in [0, 0.1) is 13.8 Å². The highest BCUT2D eigenvalue weighted by atomic mass is 16.5. The minimum absolute atomic E-state index is 0.343. The maximum absolute atomic E-state index is 11.1. The molecule has 0 aliphatic carbocycles. The molecule has 0 unspecified atom stereocenters. The highest BCUT2D eigenvalue weighted by Gasteiger charge is 2.31. The van der Waals surface area contributed by atoms with E-state index in [9.17, 15) is 5.11 Å². The molecule has 2 aromatic carbocycles. The van der Waals surface area contributed by atoms with Crippen molar-refractivity contribution in [2.24, 2.45) is 0 Å². The first-order valence-corrected chi connectivity index (χ1v) is 12.3. The Morgan fingerprint density at radius 3 is 2.38 bits per heavy atom. The third kappa shape index (κ3) is 7.34. The molecule has 34 heavy (non-hydrogen) atoms. The van der Waals surface area contributed by atoms with Crippen molar-refractivity contribution in [2.75, 3.05) is 26.3 Å². The Labute approximate surface area is 203 Å². The standard InChI is InChI=1S/C28H37N3O3/c1-23-5-9-27(10-6-23)34-22-28(32)13-3-15-30(17-14-28)21-25-7-11-26(12-8-25)33-18-4-16-31-20-24(2)19-29-31/h5-12,19-20,32H,3-4,13-18,21-22H2,1-2H3/t28-/m0/s1. The van der Waals surface area contributed by atoms with Gasteiger partial charge in [-0.3, -0.25) is 9.58 Å². The van der Waals surface area contributed by atoms with Gasteiger partial charge in [0.05, 0.1) is 18.4 Å². The van der Waals surface area contributed by atoms with Crippen molar-refractivity contribution in [3.05, 3.63) is 77.6 Å². The fraction of sp³-hybridized carbons (Fsp3) is 0.464. The van der Waals surface area contributed by atoms with Gasteiger partial charge in [-0.15, -0.1) is 0 Å². The molecule has 1 aromatic heterocycles. The summed E-state index contributed by atoms with van der Waals surface area (Å²) in [6.07, 6.45) is 7.30. The van der Waals surface area contributed by atoms with E-state index in [0.29, 0.717) is 13.2 Å². The first-order chi connectivity index (χ1) is 16.5. The lowest BCUT2D eigenvalue weighted by molar-refractivity contribution is -0.0168. The van der Waals surface area contributed by atoms with E-state index in [0.717, 1.165) is 63.4 Å². The summed E-state index contributed by atoms with van der Waals surface area (Å²) in [5, 5.41) is 15.4. The maximum atomic E-state index is 11.1. The van der Waals surface area contributed by atoms with Crippen LogP contribution < -0.4 is 9.47 Å². The Morgan fingerprint density at radius 1 is 0.912 bits per heavy atom. The van der Waals surface area contributed by atoms with Crippen molar-refractivity contribution in [1.29, 1.82) is 0 Å². The number of aryl methyl sites for hydroxylation is 3. The normalized spacial score (nSPS) is 19.0. The Bertz CT molecular complexity index is 1020. The fourth-order valence-corrected chi connectivity index (χ4v) is 4.34. The average Bonchev–Trinajstić information content (AvgIpc) is 3.16. The summed E-state index contributed by atoms with van der Waals surface area (Å²) in [6, 6.07) is 16.4. The Hall–Kier alpha value is -2.83. The number of benzene rings is 2. The van der Waals surface area contributed by atoms with Crippen LogP contribution >= 0.6 is 0 Å². The predicted molar refractivity (Wildman–Crippen MR) is 134 cm³/mol. The molecule has 1 aliphatic heterocycles. The summed E-state index contributed by atoms with van der Waals surface area (Å²) >= 11 is 0. The molecular formula is C28H37N3O3. The molecule has 0 radical (unpaired) electrons. The van der Waals surface area contributed by atoms with Crippen LogP contribution in [0.1, 0.15) is 42.4 Å². The van der Waals surface area contributed by atoms with Gasteiger partial charge in [0, 0.05) is 32.3 Å². The van der Waals surface area contributed by atoms with E-state index in [1.165, 1.54) is 16.7 Å². The van der Waals surface area contributed by atoms with Crippen molar-refractivity contribution in [3.8, 4) is 11.5 Å². The molecule has 1 N–H and O–H groups in total. The first-order valence-electron chi connectivity index (χ1n) is 12.3. The lowest BCUT2D eigenvalue weighted by Gasteiger charge is -2.27. The van der Waals surface area contributed by atoms with Crippen LogP contribution in [0.3, 0.4) is 0 Å². The number of hydrogen-bond acceptors (Lipinski definition) is 5. The number of aliphatic hydroxyl groups is 1. The van der Waals surface area contributed by atoms with E-state index >= 15 is 0 Å². The molecule has 3 aromatic rings. The molecule has 0 spiro atoms. The van der Waals surface area contributed by atoms with E-state index in [-0.39, 0.29) is 0 Å². The minimum Gasteiger partial charge on any atom is -0.494 e. The van der Waals surface area contributed by atoms with Crippen molar-refractivity contribution in [2.45, 2.75) is 58.2 Å². The minimum atomic E-state index is -0.772. The van der Waals surface area contributed by atoms with Gasteiger partial charge in [-0.2, -0.15) is 5.10 Å². The molecule has 0 saturated carbocycles. The van der Waals surface area contributed by atoms with E-state index in [1.807, 2.05) is 35.1 Å². The van der Waals surface area contributed by atoms with Gasteiger partial charge in [0.1, 0.15) is 18.1 Å². The average molecular weight is 464 g/mol. The molecule has 182 valence electrons. The van der Waals surface area contributed by atoms with Crippen molar-refractivity contribution in [1.82, 2.24) is 14.7 Å². The second-order valence-corrected chi connectivity index (χ2v) is 9.58. The number of rotatable bonds is 10. The van der Waals surface area contributed by atoms with E-state index < -0.39 is 5.60 Å². The molecule has 0 bridgehead atoms. The summed E-state index contributed by atoms with van der Waals surface area (Å²) in [5.41, 5.74) is 2.88.